The smallest absolute Gasteiger partial charge is 0.338 e. The molecular formula is C18H22FNO3. The lowest BCUT2D eigenvalue weighted by Gasteiger charge is -2.13. The lowest BCUT2D eigenvalue weighted by atomic mass is 9.97. The number of esters is 1. The van der Waals surface area contributed by atoms with Crippen molar-refractivity contribution < 1.29 is 18.7 Å². The quantitative estimate of drug-likeness (QED) is 0.646. The van der Waals surface area contributed by atoms with Crippen LogP contribution >= 0.6 is 0 Å². The van der Waals surface area contributed by atoms with Crippen LogP contribution in [0.2, 0.25) is 0 Å². The van der Waals surface area contributed by atoms with Gasteiger partial charge in [0.25, 0.3) is 5.91 Å². The summed E-state index contributed by atoms with van der Waals surface area (Å²) in [4.78, 5) is 23.4. The minimum Gasteiger partial charge on any atom is -0.452 e. The van der Waals surface area contributed by atoms with Crippen molar-refractivity contribution in [2.24, 2.45) is 0 Å². The molecule has 0 fully saturated rings. The highest BCUT2D eigenvalue weighted by Gasteiger charge is 2.12. The zero-order valence-corrected chi connectivity index (χ0v) is 13.4. The fourth-order valence-corrected chi connectivity index (χ4v) is 2.48. The number of carbonyl (C=O) groups is 2. The highest BCUT2D eigenvalue weighted by Crippen LogP contribution is 2.19. The van der Waals surface area contributed by atoms with E-state index in [9.17, 15) is 14.0 Å². The predicted octanol–water partition coefficient (Wildman–Crippen LogP) is 3.30. The van der Waals surface area contributed by atoms with E-state index in [1.807, 2.05) is 0 Å². The van der Waals surface area contributed by atoms with Crippen LogP contribution in [0.1, 0.15) is 48.0 Å². The molecule has 1 aliphatic rings. The molecular weight excluding hydrogens is 297 g/mol. The minimum atomic E-state index is -0.700. The SMILES string of the molecule is Cc1ccc(C(=O)OCC(=O)NCCC2=CCCCC2)cc1F. The van der Waals surface area contributed by atoms with Gasteiger partial charge < -0.3 is 10.1 Å². The molecule has 0 aliphatic heterocycles. The molecule has 5 heteroatoms. The first kappa shape index (κ1) is 17.2. The van der Waals surface area contributed by atoms with Gasteiger partial charge >= 0.3 is 5.97 Å². The number of aryl methyl sites for hydroxylation is 1. The summed E-state index contributed by atoms with van der Waals surface area (Å²) in [6.45, 7) is 1.80. The lowest BCUT2D eigenvalue weighted by Crippen LogP contribution is -2.29. The number of allylic oxidation sites excluding steroid dienone is 1. The van der Waals surface area contributed by atoms with Crippen LogP contribution in [0.4, 0.5) is 4.39 Å². The summed E-state index contributed by atoms with van der Waals surface area (Å²) in [5, 5.41) is 2.73. The van der Waals surface area contributed by atoms with E-state index in [0.29, 0.717) is 12.1 Å². The van der Waals surface area contributed by atoms with Gasteiger partial charge in [-0.05, 0) is 56.7 Å². The Morgan fingerprint density at radius 2 is 2.13 bits per heavy atom. The Hall–Kier alpha value is -2.17. The van der Waals surface area contributed by atoms with Gasteiger partial charge in [-0.15, -0.1) is 0 Å². The molecule has 1 N–H and O–H groups in total. The zero-order chi connectivity index (χ0) is 16.7. The van der Waals surface area contributed by atoms with Gasteiger partial charge in [0.15, 0.2) is 6.61 Å². The third-order valence-electron chi connectivity index (χ3n) is 3.90. The summed E-state index contributed by atoms with van der Waals surface area (Å²) in [7, 11) is 0. The Bertz CT molecular complexity index is 610. The standard InChI is InChI=1S/C18H22FNO3/c1-13-7-8-15(11-16(13)19)18(22)23-12-17(21)20-10-9-14-5-3-2-4-6-14/h5,7-8,11H,2-4,6,9-10,12H2,1H3,(H,20,21). The summed E-state index contributed by atoms with van der Waals surface area (Å²) in [6.07, 6.45) is 7.75. The van der Waals surface area contributed by atoms with E-state index in [-0.39, 0.29) is 18.1 Å². The first-order chi connectivity index (χ1) is 11.1. The summed E-state index contributed by atoms with van der Waals surface area (Å²) in [5.41, 5.74) is 1.94. The molecule has 0 unspecified atom stereocenters. The zero-order valence-electron chi connectivity index (χ0n) is 13.4. The molecule has 0 atom stereocenters. The van der Waals surface area contributed by atoms with E-state index >= 15 is 0 Å². The normalized spacial score (nSPS) is 14.1. The van der Waals surface area contributed by atoms with Crippen LogP contribution in [-0.4, -0.2) is 25.0 Å². The largest absolute Gasteiger partial charge is 0.452 e. The highest BCUT2D eigenvalue weighted by atomic mass is 19.1. The van der Waals surface area contributed by atoms with Gasteiger partial charge in [-0.2, -0.15) is 0 Å². The van der Waals surface area contributed by atoms with E-state index in [2.05, 4.69) is 11.4 Å². The summed E-state index contributed by atoms with van der Waals surface area (Å²) >= 11 is 0. The van der Waals surface area contributed by atoms with E-state index in [0.717, 1.165) is 25.3 Å². The molecule has 0 radical (unpaired) electrons. The number of ether oxygens (including phenoxy) is 1. The van der Waals surface area contributed by atoms with Gasteiger partial charge in [0.1, 0.15) is 5.82 Å². The fourth-order valence-electron chi connectivity index (χ4n) is 2.48. The van der Waals surface area contributed by atoms with Crippen molar-refractivity contribution in [1.29, 1.82) is 0 Å². The molecule has 4 nitrogen and oxygen atoms in total. The van der Waals surface area contributed by atoms with Crippen molar-refractivity contribution in [1.82, 2.24) is 5.32 Å². The van der Waals surface area contributed by atoms with Crippen molar-refractivity contribution in [3.05, 3.63) is 46.8 Å². The monoisotopic (exact) mass is 319 g/mol. The van der Waals surface area contributed by atoms with Gasteiger partial charge in [-0.3, -0.25) is 4.79 Å². The van der Waals surface area contributed by atoms with Gasteiger partial charge in [0.2, 0.25) is 0 Å². The van der Waals surface area contributed by atoms with Crippen molar-refractivity contribution in [3.8, 4) is 0 Å². The predicted molar refractivity (Wildman–Crippen MR) is 85.6 cm³/mol. The van der Waals surface area contributed by atoms with E-state index in [1.54, 1.807) is 6.92 Å². The van der Waals surface area contributed by atoms with Crippen LogP contribution in [0.25, 0.3) is 0 Å². The second kappa shape index (κ2) is 8.46. The Morgan fingerprint density at radius 3 is 2.83 bits per heavy atom. The van der Waals surface area contributed by atoms with Crippen molar-refractivity contribution >= 4 is 11.9 Å². The number of nitrogens with one attached hydrogen (secondary N) is 1. The number of rotatable bonds is 6. The Labute approximate surface area is 135 Å². The van der Waals surface area contributed by atoms with Crippen LogP contribution in [-0.2, 0) is 9.53 Å². The third kappa shape index (κ3) is 5.51. The van der Waals surface area contributed by atoms with Crippen molar-refractivity contribution in [2.75, 3.05) is 13.2 Å². The van der Waals surface area contributed by atoms with Gasteiger partial charge in [0.05, 0.1) is 5.56 Å². The maximum absolute atomic E-state index is 13.4. The number of amides is 1. The fraction of sp³-hybridized carbons (Fsp3) is 0.444. The molecule has 1 aromatic rings. The van der Waals surface area contributed by atoms with Gasteiger partial charge in [-0.25, -0.2) is 9.18 Å². The minimum absolute atomic E-state index is 0.105. The van der Waals surface area contributed by atoms with Crippen molar-refractivity contribution in [2.45, 2.75) is 39.0 Å². The van der Waals surface area contributed by atoms with Gasteiger partial charge in [-0.1, -0.05) is 17.7 Å². The molecule has 1 aromatic carbocycles. The molecule has 0 heterocycles. The first-order valence-corrected chi connectivity index (χ1v) is 7.94. The maximum atomic E-state index is 13.4. The second-order valence-electron chi connectivity index (χ2n) is 5.75. The Kier molecular flexibility index (Phi) is 6.32. The average molecular weight is 319 g/mol. The average Bonchev–Trinajstić information content (AvgIpc) is 2.56. The van der Waals surface area contributed by atoms with Crippen LogP contribution in [0, 0.1) is 12.7 Å². The molecule has 0 saturated heterocycles. The highest BCUT2D eigenvalue weighted by molar-refractivity contribution is 5.91. The molecule has 0 bridgehead atoms. The molecule has 2 rings (SSSR count). The van der Waals surface area contributed by atoms with E-state index in [4.69, 9.17) is 4.74 Å². The van der Waals surface area contributed by atoms with E-state index in [1.165, 1.54) is 30.5 Å². The van der Waals surface area contributed by atoms with Crippen molar-refractivity contribution in [3.63, 3.8) is 0 Å². The summed E-state index contributed by atoms with van der Waals surface area (Å²) in [6, 6.07) is 4.10. The topological polar surface area (TPSA) is 55.4 Å². The molecule has 0 saturated carbocycles. The Morgan fingerprint density at radius 1 is 1.30 bits per heavy atom. The number of benzene rings is 1. The van der Waals surface area contributed by atoms with Crippen LogP contribution in [0.3, 0.4) is 0 Å². The summed E-state index contributed by atoms with van der Waals surface area (Å²) < 4.78 is 18.3. The van der Waals surface area contributed by atoms with Crippen LogP contribution < -0.4 is 5.32 Å². The molecule has 1 aliphatic carbocycles. The summed E-state index contributed by atoms with van der Waals surface area (Å²) in [5.74, 6) is -1.51. The number of halogens is 1. The Balaban J connectivity index is 1.70. The number of hydrogen-bond donors (Lipinski definition) is 1. The van der Waals surface area contributed by atoms with Gasteiger partial charge in [0, 0.05) is 6.54 Å². The lowest BCUT2D eigenvalue weighted by molar-refractivity contribution is -0.124. The molecule has 124 valence electrons. The molecule has 23 heavy (non-hydrogen) atoms. The molecule has 0 spiro atoms. The van der Waals surface area contributed by atoms with E-state index < -0.39 is 11.8 Å². The van der Waals surface area contributed by atoms with Crippen LogP contribution in [0.15, 0.2) is 29.8 Å². The second-order valence-corrected chi connectivity index (χ2v) is 5.75. The number of carbonyl (C=O) groups excluding carboxylic acids is 2. The molecule has 0 aromatic heterocycles. The first-order valence-electron chi connectivity index (χ1n) is 7.94. The third-order valence-corrected chi connectivity index (χ3v) is 3.90. The molecule has 1 amide bonds. The maximum Gasteiger partial charge on any atom is 0.338 e. The van der Waals surface area contributed by atoms with Crippen LogP contribution in [0.5, 0.6) is 0 Å². The number of hydrogen-bond acceptors (Lipinski definition) is 3.